The molecule has 1 atom stereocenters. The third kappa shape index (κ3) is 2.97. The summed E-state index contributed by atoms with van der Waals surface area (Å²) in [6.45, 7) is 4.86. The lowest BCUT2D eigenvalue weighted by Gasteiger charge is -1.97. The highest BCUT2D eigenvalue weighted by molar-refractivity contribution is 5.53. The summed E-state index contributed by atoms with van der Waals surface area (Å²) < 4.78 is 1.81. The van der Waals surface area contributed by atoms with E-state index in [2.05, 4.69) is 17.2 Å². The summed E-state index contributed by atoms with van der Waals surface area (Å²) in [4.78, 5) is 10.4. The fourth-order valence-electron chi connectivity index (χ4n) is 1.15. The zero-order valence-corrected chi connectivity index (χ0v) is 8.10. The van der Waals surface area contributed by atoms with Crippen molar-refractivity contribution < 1.29 is 4.79 Å². The number of aryl methyl sites for hydroxylation is 1. The van der Waals surface area contributed by atoms with E-state index in [-0.39, 0.29) is 5.92 Å². The zero-order chi connectivity index (χ0) is 9.68. The summed E-state index contributed by atoms with van der Waals surface area (Å²) in [5.74, 6) is 0.0341. The molecule has 4 heteroatoms. The molecule has 1 rings (SSSR count). The van der Waals surface area contributed by atoms with Gasteiger partial charge in [-0.3, -0.25) is 4.68 Å². The summed E-state index contributed by atoms with van der Waals surface area (Å²) >= 11 is 0. The molecular formula is C9H15N3O. The third-order valence-electron chi connectivity index (χ3n) is 1.80. The number of aldehydes is 1. The molecule has 1 heterocycles. The average molecular weight is 181 g/mol. The van der Waals surface area contributed by atoms with Crippen LogP contribution in [0.25, 0.3) is 0 Å². The van der Waals surface area contributed by atoms with Crippen LogP contribution in [0.5, 0.6) is 0 Å². The van der Waals surface area contributed by atoms with E-state index in [1.807, 2.05) is 17.8 Å². The molecule has 0 aliphatic rings. The molecule has 72 valence electrons. The molecule has 0 radical (unpaired) electrons. The van der Waals surface area contributed by atoms with Crippen LogP contribution in [0.4, 0.5) is 0 Å². The maximum absolute atomic E-state index is 10.4. The molecular weight excluding hydrogens is 166 g/mol. The van der Waals surface area contributed by atoms with Crippen LogP contribution in [0.15, 0.2) is 6.20 Å². The lowest BCUT2D eigenvalue weighted by molar-refractivity contribution is -0.110. The van der Waals surface area contributed by atoms with Crippen molar-refractivity contribution in [1.82, 2.24) is 15.0 Å². The number of hydrogen-bond acceptors (Lipinski definition) is 3. The van der Waals surface area contributed by atoms with Crippen molar-refractivity contribution in [3.8, 4) is 0 Å². The Morgan fingerprint density at radius 2 is 2.46 bits per heavy atom. The van der Waals surface area contributed by atoms with Crippen LogP contribution in [0.1, 0.15) is 26.0 Å². The number of hydrogen-bond donors (Lipinski definition) is 0. The average Bonchev–Trinajstić information content (AvgIpc) is 2.53. The van der Waals surface area contributed by atoms with Crippen molar-refractivity contribution in [2.75, 3.05) is 0 Å². The van der Waals surface area contributed by atoms with Gasteiger partial charge < -0.3 is 4.79 Å². The zero-order valence-electron chi connectivity index (χ0n) is 8.10. The van der Waals surface area contributed by atoms with Crippen molar-refractivity contribution in [2.45, 2.75) is 33.2 Å². The van der Waals surface area contributed by atoms with E-state index in [4.69, 9.17) is 0 Å². The van der Waals surface area contributed by atoms with Gasteiger partial charge in [0.05, 0.1) is 5.69 Å². The topological polar surface area (TPSA) is 47.8 Å². The quantitative estimate of drug-likeness (QED) is 0.638. The van der Waals surface area contributed by atoms with Crippen molar-refractivity contribution in [3.63, 3.8) is 0 Å². The molecule has 1 aromatic heterocycles. The van der Waals surface area contributed by atoms with E-state index >= 15 is 0 Å². The summed E-state index contributed by atoms with van der Waals surface area (Å²) in [7, 11) is 0. The molecule has 0 saturated heterocycles. The van der Waals surface area contributed by atoms with Crippen LogP contribution in [0.3, 0.4) is 0 Å². The van der Waals surface area contributed by atoms with Gasteiger partial charge in [-0.15, -0.1) is 5.10 Å². The van der Waals surface area contributed by atoms with Crippen LogP contribution in [-0.2, 0) is 17.8 Å². The summed E-state index contributed by atoms with van der Waals surface area (Å²) in [6.07, 6.45) is 4.58. The van der Waals surface area contributed by atoms with Gasteiger partial charge in [0.15, 0.2) is 0 Å². The number of carbonyl (C=O) groups excluding carboxylic acids is 1. The minimum absolute atomic E-state index is 0.0341. The smallest absolute Gasteiger partial charge is 0.123 e. The fraction of sp³-hybridized carbons (Fsp3) is 0.667. The Labute approximate surface area is 77.9 Å². The maximum Gasteiger partial charge on any atom is 0.123 e. The lowest BCUT2D eigenvalue weighted by Crippen LogP contribution is -2.00. The van der Waals surface area contributed by atoms with Gasteiger partial charge in [-0.1, -0.05) is 19.1 Å². The predicted octanol–water partition coefficient (Wildman–Crippen LogP) is 1.07. The van der Waals surface area contributed by atoms with Crippen molar-refractivity contribution in [1.29, 1.82) is 0 Å². The molecule has 0 aliphatic heterocycles. The molecule has 0 spiro atoms. The lowest BCUT2D eigenvalue weighted by atomic mass is 10.1. The molecule has 13 heavy (non-hydrogen) atoms. The SMILES string of the molecule is CCCn1cc(CC(C)C=O)nn1. The van der Waals surface area contributed by atoms with Gasteiger partial charge in [-0.2, -0.15) is 0 Å². The van der Waals surface area contributed by atoms with E-state index in [1.165, 1.54) is 0 Å². The highest BCUT2D eigenvalue weighted by Crippen LogP contribution is 2.02. The molecule has 0 aromatic carbocycles. The van der Waals surface area contributed by atoms with Gasteiger partial charge in [0, 0.05) is 25.1 Å². The molecule has 4 nitrogen and oxygen atoms in total. The minimum atomic E-state index is 0.0341. The van der Waals surface area contributed by atoms with E-state index in [0.29, 0.717) is 6.42 Å². The Morgan fingerprint density at radius 1 is 1.69 bits per heavy atom. The van der Waals surface area contributed by atoms with E-state index in [0.717, 1.165) is 24.9 Å². The second-order valence-corrected chi connectivity index (χ2v) is 3.29. The van der Waals surface area contributed by atoms with E-state index in [9.17, 15) is 4.79 Å². The summed E-state index contributed by atoms with van der Waals surface area (Å²) in [5, 5.41) is 7.92. The van der Waals surface area contributed by atoms with E-state index in [1.54, 1.807) is 0 Å². The molecule has 0 fully saturated rings. The van der Waals surface area contributed by atoms with Gasteiger partial charge in [0.2, 0.25) is 0 Å². The number of aromatic nitrogens is 3. The Bertz CT molecular complexity index is 270. The third-order valence-corrected chi connectivity index (χ3v) is 1.80. The predicted molar refractivity (Wildman–Crippen MR) is 49.2 cm³/mol. The van der Waals surface area contributed by atoms with Crippen molar-refractivity contribution >= 4 is 6.29 Å². The summed E-state index contributed by atoms with van der Waals surface area (Å²) in [5.41, 5.74) is 0.896. The molecule has 0 saturated carbocycles. The van der Waals surface area contributed by atoms with Crippen LogP contribution in [0.2, 0.25) is 0 Å². The monoisotopic (exact) mass is 181 g/mol. The first-order chi connectivity index (χ1) is 6.26. The maximum atomic E-state index is 10.4. The van der Waals surface area contributed by atoms with Crippen LogP contribution in [-0.4, -0.2) is 21.3 Å². The Morgan fingerprint density at radius 3 is 3.08 bits per heavy atom. The number of nitrogens with zero attached hydrogens (tertiary/aromatic N) is 3. The first kappa shape index (κ1) is 9.89. The normalized spacial score (nSPS) is 12.8. The molecule has 1 aromatic rings. The number of rotatable bonds is 5. The Hall–Kier alpha value is -1.19. The molecule has 0 bridgehead atoms. The second-order valence-electron chi connectivity index (χ2n) is 3.29. The van der Waals surface area contributed by atoms with Crippen LogP contribution < -0.4 is 0 Å². The van der Waals surface area contributed by atoms with Crippen LogP contribution in [0, 0.1) is 5.92 Å². The fourth-order valence-corrected chi connectivity index (χ4v) is 1.15. The van der Waals surface area contributed by atoms with Gasteiger partial charge in [-0.25, -0.2) is 0 Å². The van der Waals surface area contributed by atoms with Gasteiger partial charge in [-0.05, 0) is 6.42 Å². The summed E-state index contributed by atoms with van der Waals surface area (Å²) in [6, 6.07) is 0. The van der Waals surface area contributed by atoms with Crippen molar-refractivity contribution in [2.24, 2.45) is 5.92 Å². The van der Waals surface area contributed by atoms with Crippen LogP contribution >= 0.6 is 0 Å². The second kappa shape index (κ2) is 4.74. The van der Waals surface area contributed by atoms with Crippen molar-refractivity contribution in [3.05, 3.63) is 11.9 Å². The molecule has 0 amide bonds. The largest absolute Gasteiger partial charge is 0.303 e. The molecule has 1 unspecified atom stereocenters. The Balaban J connectivity index is 2.53. The first-order valence-electron chi connectivity index (χ1n) is 4.60. The van der Waals surface area contributed by atoms with E-state index < -0.39 is 0 Å². The molecule has 0 N–H and O–H groups in total. The van der Waals surface area contributed by atoms with Gasteiger partial charge in [0.1, 0.15) is 6.29 Å². The molecule has 0 aliphatic carbocycles. The number of carbonyl (C=O) groups is 1. The first-order valence-corrected chi connectivity index (χ1v) is 4.60. The van der Waals surface area contributed by atoms with Gasteiger partial charge >= 0.3 is 0 Å². The van der Waals surface area contributed by atoms with Gasteiger partial charge in [0.25, 0.3) is 0 Å². The highest BCUT2D eigenvalue weighted by atomic mass is 16.1. The standard InChI is InChI=1S/C9H15N3O/c1-3-4-12-6-9(10-11-12)5-8(2)7-13/h6-8H,3-5H2,1-2H3. The highest BCUT2D eigenvalue weighted by Gasteiger charge is 2.05. The Kier molecular flexibility index (Phi) is 3.61. The minimum Gasteiger partial charge on any atom is -0.303 e.